The third kappa shape index (κ3) is 4.72. The average Bonchev–Trinajstić information content (AvgIpc) is 3.01. The van der Waals surface area contributed by atoms with Crippen molar-refractivity contribution < 1.29 is 19.2 Å². The van der Waals surface area contributed by atoms with Gasteiger partial charge in [-0.3, -0.25) is 14.9 Å². The van der Waals surface area contributed by atoms with Gasteiger partial charge in [0.05, 0.1) is 32.6 Å². The number of anilines is 1. The van der Waals surface area contributed by atoms with Gasteiger partial charge in [0.2, 0.25) is 0 Å². The van der Waals surface area contributed by atoms with Crippen LogP contribution in [-0.4, -0.2) is 32.7 Å². The molecule has 1 atom stereocenters. The SMILES string of the molecule is Cc1nn(-c2ccc(C(=O)OC(C)C(=O)Nc3ccccc3[N+](=O)[O-])cc2)c(C)c1Cl. The number of carbonyl (C=O) groups is 2. The molecule has 160 valence electrons. The van der Waals surface area contributed by atoms with Crippen molar-refractivity contribution in [2.45, 2.75) is 26.9 Å². The summed E-state index contributed by atoms with van der Waals surface area (Å²) in [5.41, 5.74) is 2.19. The summed E-state index contributed by atoms with van der Waals surface area (Å²) in [4.78, 5) is 35.2. The second kappa shape index (κ2) is 8.97. The van der Waals surface area contributed by atoms with Gasteiger partial charge in [0, 0.05) is 6.07 Å². The first-order valence-electron chi connectivity index (χ1n) is 9.26. The predicted molar refractivity (Wildman–Crippen MR) is 115 cm³/mol. The van der Waals surface area contributed by atoms with E-state index in [4.69, 9.17) is 16.3 Å². The molecule has 0 spiro atoms. The van der Waals surface area contributed by atoms with Crippen molar-refractivity contribution in [2.75, 3.05) is 5.32 Å². The molecule has 0 bridgehead atoms. The second-order valence-corrected chi connectivity index (χ2v) is 7.13. The molecule has 1 amide bonds. The van der Waals surface area contributed by atoms with E-state index in [0.717, 1.165) is 5.69 Å². The Bertz CT molecular complexity index is 1160. The molecule has 1 N–H and O–H groups in total. The maximum absolute atomic E-state index is 12.4. The molecular formula is C21H19ClN4O5. The van der Waals surface area contributed by atoms with Crippen molar-refractivity contribution in [2.24, 2.45) is 0 Å². The lowest BCUT2D eigenvalue weighted by molar-refractivity contribution is -0.383. The molecule has 9 nitrogen and oxygen atoms in total. The van der Waals surface area contributed by atoms with Crippen molar-refractivity contribution in [1.82, 2.24) is 9.78 Å². The lowest BCUT2D eigenvalue weighted by Crippen LogP contribution is -2.30. The zero-order valence-electron chi connectivity index (χ0n) is 17.0. The quantitative estimate of drug-likeness (QED) is 0.347. The summed E-state index contributed by atoms with van der Waals surface area (Å²) in [5, 5.41) is 18.4. The number of hydrogen-bond donors (Lipinski definition) is 1. The minimum Gasteiger partial charge on any atom is -0.449 e. The Morgan fingerprint density at radius 1 is 1.16 bits per heavy atom. The van der Waals surface area contributed by atoms with Crippen LogP contribution in [0.1, 0.15) is 28.7 Å². The van der Waals surface area contributed by atoms with Gasteiger partial charge in [-0.05, 0) is 51.1 Å². The fourth-order valence-corrected chi connectivity index (χ4v) is 2.99. The van der Waals surface area contributed by atoms with Gasteiger partial charge in [-0.15, -0.1) is 0 Å². The van der Waals surface area contributed by atoms with Crippen LogP contribution in [0.5, 0.6) is 0 Å². The summed E-state index contributed by atoms with van der Waals surface area (Å²) in [6.07, 6.45) is -1.16. The summed E-state index contributed by atoms with van der Waals surface area (Å²) >= 11 is 6.17. The Hall–Kier alpha value is -3.72. The van der Waals surface area contributed by atoms with Gasteiger partial charge < -0.3 is 10.1 Å². The minimum absolute atomic E-state index is 0.0216. The number of nitrogens with one attached hydrogen (secondary N) is 1. The number of benzene rings is 2. The van der Waals surface area contributed by atoms with Crippen molar-refractivity contribution in [3.05, 3.63) is 80.6 Å². The number of para-hydroxylation sites is 2. The number of rotatable bonds is 6. The molecule has 0 radical (unpaired) electrons. The summed E-state index contributed by atoms with van der Waals surface area (Å²) in [6, 6.07) is 12.2. The summed E-state index contributed by atoms with van der Waals surface area (Å²) in [6.45, 7) is 5.02. The molecular weight excluding hydrogens is 424 g/mol. The number of ether oxygens (including phenoxy) is 1. The van der Waals surface area contributed by atoms with Crippen molar-refractivity contribution >= 4 is 34.9 Å². The van der Waals surface area contributed by atoms with Crippen LogP contribution in [0, 0.1) is 24.0 Å². The molecule has 2 aromatic carbocycles. The van der Waals surface area contributed by atoms with Gasteiger partial charge in [0.1, 0.15) is 5.69 Å². The summed E-state index contributed by atoms with van der Waals surface area (Å²) in [5.74, 6) is -1.39. The number of aryl methyl sites for hydroxylation is 1. The van der Waals surface area contributed by atoms with E-state index in [0.29, 0.717) is 16.4 Å². The van der Waals surface area contributed by atoms with Gasteiger partial charge in [0.15, 0.2) is 6.10 Å². The van der Waals surface area contributed by atoms with Gasteiger partial charge in [-0.1, -0.05) is 23.7 Å². The highest BCUT2D eigenvalue weighted by Gasteiger charge is 2.22. The highest BCUT2D eigenvalue weighted by Crippen LogP contribution is 2.24. The number of halogens is 1. The monoisotopic (exact) mass is 442 g/mol. The number of nitro benzene ring substituents is 1. The summed E-state index contributed by atoms with van der Waals surface area (Å²) < 4.78 is 6.86. The van der Waals surface area contributed by atoms with Gasteiger partial charge >= 0.3 is 5.97 Å². The van der Waals surface area contributed by atoms with Crippen LogP contribution in [0.25, 0.3) is 5.69 Å². The third-order valence-electron chi connectivity index (χ3n) is 4.56. The lowest BCUT2D eigenvalue weighted by atomic mass is 10.2. The first-order chi connectivity index (χ1) is 14.7. The first kappa shape index (κ1) is 22.0. The van der Waals surface area contributed by atoms with Crippen LogP contribution in [0.3, 0.4) is 0 Å². The Morgan fingerprint density at radius 2 is 1.81 bits per heavy atom. The maximum atomic E-state index is 12.4. The molecule has 0 aliphatic rings. The molecule has 0 saturated heterocycles. The normalized spacial score (nSPS) is 11.6. The molecule has 31 heavy (non-hydrogen) atoms. The second-order valence-electron chi connectivity index (χ2n) is 6.75. The van der Waals surface area contributed by atoms with E-state index in [1.54, 1.807) is 41.9 Å². The smallest absolute Gasteiger partial charge is 0.338 e. The Kier molecular flexibility index (Phi) is 6.36. The highest BCUT2D eigenvalue weighted by atomic mass is 35.5. The van der Waals surface area contributed by atoms with E-state index in [-0.39, 0.29) is 16.9 Å². The van der Waals surface area contributed by atoms with Gasteiger partial charge in [-0.2, -0.15) is 5.10 Å². The van der Waals surface area contributed by atoms with E-state index >= 15 is 0 Å². The van der Waals surface area contributed by atoms with Crippen LogP contribution in [0.2, 0.25) is 5.02 Å². The zero-order valence-corrected chi connectivity index (χ0v) is 17.7. The van der Waals surface area contributed by atoms with Crippen LogP contribution < -0.4 is 5.32 Å². The number of nitrogens with zero attached hydrogens (tertiary/aromatic N) is 3. The third-order valence-corrected chi connectivity index (χ3v) is 5.11. The molecule has 0 saturated carbocycles. The topological polar surface area (TPSA) is 116 Å². The number of hydrogen-bond acceptors (Lipinski definition) is 6. The number of aromatic nitrogens is 2. The van der Waals surface area contributed by atoms with Crippen LogP contribution in [-0.2, 0) is 9.53 Å². The van der Waals surface area contributed by atoms with Crippen molar-refractivity contribution in [1.29, 1.82) is 0 Å². The molecule has 0 fully saturated rings. The fraction of sp³-hybridized carbons (Fsp3) is 0.190. The van der Waals surface area contributed by atoms with E-state index in [1.165, 1.54) is 25.1 Å². The number of carbonyl (C=O) groups excluding carboxylic acids is 2. The maximum Gasteiger partial charge on any atom is 0.338 e. The zero-order chi connectivity index (χ0) is 22.7. The summed E-state index contributed by atoms with van der Waals surface area (Å²) in [7, 11) is 0. The standard InChI is InChI=1S/C21H19ClN4O5/c1-12-19(22)13(2)25(24-12)16-10-8-15(9-11-16)21(28)31-14(3)20(27)23-17-6-4-5-7-18(17)26(29)30/h4-11,14H,1-3H3,(H,23,27). The van der Waals surface area contributed by atoms with E-state index < -0.39 is 22.9 Å². The molecule has 0 aliphatic heterocycles. The van der Waals surface area contributed by atoms with Crippen LogP contribution in [0.4, 0.5) is 11.4 Å². The largest absolute Gasteiger partial charge is 0.449 e. The van der Waals surface area contributed by atoms with Gasteiger partial charge in [0.25, 0.3) is 11.6 Å². The van der Waals surface area contributed by atoms with E-state index in [9.17, 15) is 19.7 Å². The molecule has 3 rings (SSSR count). The molecule has 1 heterocycles. The Balaban J connectivity index is 1.67. The number of nitro groups is 1. The first-order valence-corrected chi connectivity index (χ1v) is 9.64. The van der Waals surface area contributed by atoms with Gasteiger partial charge in [-0.25, -0.2) is 9.48 Å². The van der Waals surface area contributed by atoms with Crippen molar-refractivity contribution in [3.8, 4) is 5.69 Å². The van der Waals surface area contributed by atoms with Crippen molar-refractivity contribution in [3.63, 3.8) is 0 Å². The lowest BCUT2D eigenvalue weighted by Gasteiger charge is -2.14. The molecule has 1 aromatic heterocycles. The average molecular weight is 443 g/mol. The Labute approximate surface area is 182 Å². The van der Waals surface area contributed by atoms with Crippen LogP contribution in [0.15, 0.2) is 48.5 Å². The molecule has 10 heteroatoms. The highest BCUT2D eigenvalue weighted by molar-refractivity contribution is 6.31. The number of esters is 1. The van der Waals surface area contributed by atoms with E-state index in [2.05, 4.69) is 10.4 Å². The minimum atomic E-state index is -1.16. The number of amides is 1. The fourth-order valence-electron chi connectivity index (χ4n) is 2.87. The van der Waals surface area contributed by atoms with E-state index in [1.807, 2.05) is 6.92 Å². The van der Waals surface area contributed by atoms with Crippen LogP contribution >= 0.6 is 11.6 Å². The Morgan fingerprint density at radius 3 is 2.39 bits per heavy atom. The molecule has 0 aliphatic carbocycles. The molecule has 3 aromatic rings. The molecule has 1 unspecified atom stereocenters. The predicted octanol–water partition coefficient (Wildman–Crippen LogP) is 4.23.